The second-order valence-electron chi connectivity index (χ2n) is 13.4. The Hall–Kier alpha value is -0.484. The summed E-state index contributed by atoms with van der Waals surface area (Å²) in [4.78, 5) is 0. The van der Waals surface area contributed by atoms with Crippen LogP contribution < -0.4 is 51.4 Å². The normalized spacial score (nSPS) is 20.4. The molecule has 4 rings (SSSR count). The van der Waals surface area contributed by atoms with E-state index in [2.05, 4.69) is 42.8 Å². The Kier molecular flexibility index (Phi) is 28.6. The molecule has 2 aliphatic heterocycles. The SMILES string of the molecule is CC1(c2cccc(C3(C)CO3)c2)CO1.COCCOCCO.COCCOCCOCC(C)(O)c1cccc(C(C)(O)COCCOCCOC)c1.[K+].[OH-]. The van der Waals surface area contributed by atoms with Crippen molar-refractivity contribution in [3.63, 3.8) is 0 Å². The van der Waals surface area contributed by atoms with E-state index >= 15 is 0 Å². The second-order valence-corrected chi connectivity index (χ2v) is 13.4. The smallest absolute Gasteiger partial charge is 0.870 e. The number of rotatable bonds is 25. The summed E-state index contributed by atoms with van der Waals surface area (Å²) in [7, 11) is 4.85. The summed E-state index contributed by atoms with van der Waals surface area (Å²) in [6.45, 7) is 14.9. The molecule has 14 nitrogen and oxygen atoms in total. The molecule has 4 N–H and O–H groups in total. The van der Waals surface area contributed by atoms with Crippen LogP contribution in [0, 0.1) is 0 Å². The molecule has 0 amide bonds. The molecular weight excluding hydrogens is 732 g/mol. The summed E-state index contributed by atoms with van der Waals surface area (Å²) in [5, 5.41) is 29.8. The number of hydrogen-bond donors (Lipinski definition) is 3. The Labute approximate surface area is 364 Å². The zero-order valence-electron chi connectivity index (χ0n) is 33.8. The Morgan fingerprint density at radius 3 is 1.26 bits per heavy atom. The van der Waals surface area contributed by atoms with Crippen molar-refractivity contribution in [2.24, 2.45) is 0 Å². The first-order chi connectivity index (χ1) is 24.9. The van der Waals surface area contributed by atoms with E-state index in [1.165, 1.54) is 11.1 Å². The molecule has 54 heavy (non-hydrogen) atoms. The van der Waals surface area contributed by atoms with Crippen LogP contribution in [0.15, 0.2) is 48.5 Å². The van der Waals surface area contributed by atoms with Crippen molar-refractivity contribution in [1.82, 2.24) is 0 Å². The van der Waals surface area contributed by atoms with E-state index in [1.807, 2.05) is 12.1 Å². The first kappa shape index (κ1) is 53.5. The average Bonchev–Trinajstić information content (AvgIpc) is 4.08. The molecule has 2 aliphatic rings. The predicted molar refractivity (Wildman–Crippen MR) is 197 cm³/mol. The average molecular weight is 797 g/mol. The van der Waals surface area contributed by atoms with Gasteiger partial charge in [-0.25, -0.2) is 0 Å². The van der Waals surface area contributed by atoms with E-state index in [0.717, 1.165) is 13.2 Å². The molecule has 0 radical (unpaired) electrons. The summed E-state index contributed by atoms with van der Waals surface area (Å²) in [5.74, 6) is 0. The zero-order valence-corrected chi connectivity index (χ0v) is 36.9. The quantitative estimate of drug-likeness (QED) is 0.0698. The maximum absolute atomic E-state index is 10.8. The van der Waals surface area contributed by atoms with Crippen LogP contribution in [-0.2, 0) is 69.8 Å². The van der Waals surface area contributed by atoms with Gasteiger partial charge in [0.05, 0.1) is 106 Å². The van der Waals surface area contributed by atoms with E-state index in [4.69, 9.17) is 47.7 Å². The van der Waals surface area contributed by atoms with Gasteiger partial charge in [-0.2, -0.15) is 0 Å². The minimum Gasteiger partial charge on any atom is -0.870 e. The first-order valence-electron chi connectivity index (χ1n) is 17.8. The Bertz CT molecular complexity index is 1140. The van der Waals surface area contributed by atoms with Gasteiger partial charge in [-0.1, -0.05) is 36.4 Å². The molecule has 0 bridgehead atoms. The van der Waals surface area contributed by atoms with E-state index in [-0.39, 0.29) is 87.9 Å². The van der Waals surface area contributed by atoms with Crippen LogP contribution in [0.25, 0.3) is 0 Å². The molecule has 4 atom stereocenters. The number of aliphatic hydroxyl groups is 3. The molecule has 4 unspecified atom stereocenters. The monoisotopic (exact) mass is 796 g/mol. The van der Waals surface area contributed by atoms with E-state index in [1.54, 1.807) is 47.3 Å². The number of benzene rings is 2. The van der Waals surface area contributed by atoms with Crippen LogP contribution in [-0.4, -0.2) is 148 Å². The number of hydrogen-bond acceptors (Lipinski definition) is 14. The molecule has 2 aromatic rings. The summed E-state index contributed by atoms with van der Waals surface area (Å²) in [6, 6.07) is 15.7. The molecule has 2 saturated heterocycles. The summed E-state index contributed by atoms with van der Waals surface area (Å²) >= 11 is 0. The van der Waals surface area contributed by atoms with Crippen molar-refractivity contribution in [2.75, 3.05) is 127 Å². The number of ether oxygens (including phenoxy) is 10. The summed E-state index contributed by atoms with van der Waals surface area (Å²) in [5.41, 5.74) is 1.40. The summed E-state index contributed by atoms with van der Waals surface area (Å²) in [6.07, 6.45) is 0. The van der Waals surface area contributed by atoms with Crippen LogP contribution in [0.5, 0.6) is 0 Å². The van der Waals surface area contributed by atoms with Crippen molar-refractivity contribution >= 4 is 0 Å². The first-order valence-corrected chi connectivity index (χ1v) is 17.8. The molecule has 2 aromatic carbocycles. The van der Waals surface area contributed by atoms with Gasteiger partial charge in [-0.05, 0) is 62.1 Å². The molecule has 0 aliphatic carbocycles. The molecule has 2 fully saturated rings. The van der Waals surface area contributed by atoms with Gasteiger partial charge in [-0.3, -0.25) is 0 Å². The van der Waals surface area contributed by atoms with Gasteiger partial charge in [0, 0.05) is 21.3 Å². The van der Waals surface area contributed by atoms with Crippen LogP contribution in [0.3, 0.4) is 0 Å². The summed E-state index contributed by atoms with van der Waals surface area (Å²) < 4.78 is 52.0. The van der Waals surface area contributed by atoms with Gasteiger partial charge in [0.25, 0.3) is 0 Å². The van der Waals surface area contributed by atoms with Crippen LogP contribution in [0.2, 0.25) is 0 Å². The van der Waals surface area contributed by atoms with Crippen LogP contribution in [0.4, 0.5) is 0 Å². The Balaban J connectivity index is 0.000000955. The van der Waals surface area contributed by atoms with Gasteiger partial charge in [-0.15, -0.1) is 0 Å². The fraction of sp³-hybridized carbons (Fsp3) is 0.692. The van der Waals surface area contributed by atoms with Crippen molar-refractivity contribution < 1.29 is 120 Å². The Morgan fingerprint density at radius 1 is 0.574 bits per heavy atom. The molecule has 0 saturated carbocycles. The standard InChI is InChI=1S/C22H38O8.C12H14O2.C5H12O3.K.H2O/c1-21(23,17-29-14-12-27-10-8-25-3)19-6-5-7-20(16-19)22(2,24)18-30-15-13-28-11-9-26-4;1-11(7-13-11)9-4-3-5-10(6-9)12(2)8-14-12;1-7-4-5-8-3-2-6;;/h5-7,16,23-24H,8-15,17-18H2,1-4H3;3-6H,7-8H2,1-2H3;6H,2-5H2,1H3;;1H2/q;;;+1;/p-1. The zero-order chi connectivity index (χ0) is 38.4. The van der Waals surface area contributed by atoms with Gasteiger partial charge in [0.1, 0.15) is 22.4 Å². The number of epoxide rings is 2. The van der Waals surface area contributed by atoms with Crippen molar-refractivity contribution in [3.8, 4) is 0 Å². The Morgan fingerprint density at radius 2 is 0.907 bits per heavy atom. The number of methoxy groups -OCH3 is 3. The fourth-order valence-electron chi connectivity index (χ4n) is 4.66. The predicted octanol–water partition coefficient (Wildman–Crippen LogP) is 0.107. The van der Waals surface area contributed by atoms with Crippen LogP contribution in [0.1, 0.15) is 49.9 Å². The van der Waals surface area contributed by atoms with Crippen molar-refractivity contribution in [3.05, 3.63) is 70.8 Å². The maximum Gasteiger partial charge on any atom is 1.00 e. The van der Waals surface area contributed by atoms with Gasteiger partial charge in [0.15, 0.2) is 0 Å². The van der Waals surface area contributed by atoms with E-state index in [9.17, 15) is 10.2 Å². The van der Waals surface area contributed by atoms with Gasteiger partial charge in [0.2, 0.25) is 0 Å². The third-order valence-electron chi connectivity index (χ3n) is 8.39. The third kappa shape index (κ3) is 21.3. The van der Waals surface area contributed by atoms with Gasteiger partial charge < -0.3 is 68.2 Å². The minimum absolute atomic E-state index is 0. The van der Waals surface area contributed by atoms with Crippen molar-refractivity contribution in [1.29, 1.82) is 0 Å². The van der Waals surface area contributed by atoms with Crippen LogP contribution >= 0.6 is 0 Å². The topological polar surface area (TPSA) is 190 Å². The molecule has 306 valence electrons. The van der Waals surface area contributed by atoms with Crippen molar-refractivity contribution in [2.45, 2.75) is 50.1 Å². The third-order valence-corrected chi connectivity index (χ3v) is 8.39. The van der Waals surface area contributed by atoms with E-state index < -0.39 is 11.2 Å². The second kappa shape index (κ2) is 28.8. The minimum atomic E-state index is -1.20. The molecule has 2 heterocycles. The fourth-order valence-corrected chi connectivity index (χ4v) is 4.66. The molecule has 0 aromatic heterocycles. The maximum atomic E-state index is 10.8. The molecule has 0 spiro atoms. The number of aliphatic hydroxyl groups excluding tert-OH is 1. The largest absolute Gasteiger partial charge is 1.00 e. The van der Waals surface area contributed by atoms with Gasteiger partial charge >= 0.3 is 51.4 Å². The molecular formula is C39H65KO14. The molecule has 15 heteroatoms. The van der Waals surface area contributed by atoms with E-state index in [0.29, 0.717) is 83.8 Å².